The Balaban J connectivity index is 2.07. The fourth-order valence-electron chi connectivity index (χ4n) is 2.24. The molecule has 118 valence electrons. The number of anilines is 1. The molecule has 1 fully saturated rings. The summed E-state index contributed by atoms with van der Waals surface area (Å²) in [7, 11) is 1.53. The van der Waals surface area contributed by atoms with Crippen LogP contribution in [0.15, 0.2) is 12.4 Å². The summed E-state index contributed by atoms with van der Waals surface area (Å²) in [6.07, 6.45) is -2.06. The molecule has 1 aromatic rings. The van der Waals surface area contributed by atoms with Crippen molar-refractivity contribution in [3.8, 4) is 0 Å². The predicted molar refractivity (Wildman–Crippen MR) is 68.7 cm³/mol. The highest BCUT2D eigenvalue weighted by atomic mass is 19.4. The molecule has 1 aliphatic rings. The Hall–Kier alpha value is -1.61. The molecule has 1 unspecified atom stereocenters. The average Bonchev–Trinajstić information content (AvgIpc) is 3.05. The van der Waals surface area contributed by atoms with E-state index in [1.807, 2.05) is 0 Å². The van der Waals surface area contributed by atoms with Crippen molar-refractivity contribution in [3.63, 3.8) is 0 Å². The van der Waals surface area contributed by atoms with Gasteiger partial charge in [-0.15, -0.1) is 0 Å². The highest BCUT2D eigenvalue weighted by Crippen LogP contribution is 2.43. The molecular formula is C12H17F3N4O2. The molecule has 2 heterocycles. The number of rotatable bonds is 5. The van der Waals surface area contributed by atoms with E-state index in [0.717, 1.165) is 0 Å². The number of halogens is 3. The van der Waals surface area contributed by atoms with Crippen LogP contribution in [0.25, 0.3) is 0 Å². The van der Waals surface area contributed by atoms with Crippen LogP contribution in [0.5, 0.6) is 0 Å². The van der Waals surface area contributed by atoms with Crippen LogP contribution in [-0.2, 0) is 16.1 Å². The number of amides is 1. The lowest BCUT2D eigenvalue weighted by atomic mass is 9.85. The Morgan fingerprint density at radius 3 is 2.95 bits per heavy atom. The van der Waals surface area contributed by atoms with Crippen molar-refractivity contribution in [2.75, 3.05) is 32.1 Å². The average molecular weight is 306 g/mol. The van der Waals surface area contributed by atoms with Gasteiger partial charge < -0.3 is 15.4 Å². The Kier molecular flexibility index (Phi) is 4.52. The molecule has 1 atom stereocenters. The maximum Gasteiger partial charge on any atom is 0.404 e. The minimum Gasteiger partial charge on any atom is -0.383 e. The lowest BCUT2D eigenvalue weighted by Gasteiger charge is -2.29. The highest BCUT2D eigenvalue weighted by Gasteiger charge is 2.61. The topological polar surface area (TPSA) is 68.2 Å². The van der Waals surface area contributed by atoms with Crippen LogP contribution in [0.3, 0.4) is 0 Å². The number of nitrogens with zero attached hydrogens (tertiary/aromatic N) is 2. The van der Waals surface area contributed by atoms with Gasteiger partial charge >= 0.3 is 6.18 Å². The quantitative estimate of drug-likeness (QED) is 0.852. The van der Waals surface area contributed by atoms with Gasteiger partial charge in [-0.3, -0.25) is 9.48 Å². The van der Waals surface area contributed by atoms with E-state index in [9.17, 15) is 18.0 Å². The first-order valence-electron chi connectivity index (χ1n) is 6.49. The van der Waals surface area contributed by atoms with Crippen molar-refractivity contribution in [2.24, 2.45) is 5.41 Å². The third-order valence-corrected chi connectivity index (χ3v) is 3.55. The van der Waals surface area contributed by atoms with Crippen molar-refractivity contribution < 1.29 is 22.7 Å². The second kappa shape index (κ2) is 6.02. The van der Waals surface area contributed by atoms with Crippen molar-refractivity contribution in [1.29, 1.82) is 0 Å². The summed E-state index contributed by atoms with van der Waals surface area (Å²) in [6, 6.07) is 0. The molecule has 6 nitrogen and oxygen atoms in total. The molecule has 0 spiro atoms. The van der Waals surface area contributed by atoms with Crippen LogP contribution in [0.2, 0.25) is 0 Å². The first kappa shape index (κ1) is 15.8. The second-order valence-electron chi connectivity index (χ2n) is 4.95. The highest BCUT2D eigenvalue weighted by molar-refractivity contribution is 5.96. The number of methoxy groups -OCH3 is 1. The van der Waals surface area contributed by atoms with E-state index < -0.39 is 24.0 Å². The lowest BCUT2D eigenvalue weighted by molar-refractivity contribution is -0.213. The van der Waals surface area contributed by atoms with E-state index in [-0.39, 0.29) is 18.7 Å². The van der Waals surface area contributed by atoms with Crippen molar-refractivity contribution >= 4 is 11.6 Å². The summed E-state index contributed by atoms with van der Waals surface area (Å²) in [5.41, 5.74) is -2.13. The van der Waals surface area contributed by atoms with E-state index in [0.29, 0.717) is 13.2 Å². The standard InChI is InChI=1S/C12H17F3N4O2/c1-21-5-4-19-7-9(6-17-19)18-10(20)11(12(13,14)15)2-3-16-8-11/h6-7,16H,2-5,8H2,1H3,(H,18,20). The van der Waals surface area contributed by atoms with E-state index in [1.54, 1.807) is 0 Å². The molecule has 1 amide bonds. The lowest BCUT2D eigenvalue weighted by Crippen LogP contribution is -2.49. The van der Waals surface area contributed by atoms with Crippen LogP contribution < -0.4 is 10.6 Å². The summed E-state index contributed by atoms with van der Waals surface area (Å²) in [4.78, 5) is 12.1. The molecule has 9 heteroatoms. The summed E-state index contributed by atoms with van der Waals surface area (Å²) >= 11 is 0. The first-order chi connectivity index (χ1) is 9.89. The zero-order chi connectivity index (χ0) is 15.5. The van der Waals surface area contributed by atoms with Crippen molar-refractivity contribution in [2.45, 2.75) is 19.1 Å². The van der Waals surface area contributed by atoms with Gasteiger partial charge in [0.25, 0.3) is 0 Å². The number of hydrogen-bond donors (Lipinski definition) is 2. The molecule has 2 rings (SSSR count). The van der Waals surface area contributed by atoms with Gasteiger partial charge in [0.2, 0.25) is 5.91 Å². The number of hydrogen-bond acceptors (Lipinski definition) is 4. The van der Waals surface area contributed by atoms with Gasteiger partial charge in [-0.25, -0.2) is 0 Å². The summed E-state index contributed by atoms with van der Waals surface area (Å²) in [5.74, 6) is -1.05. The zero-order valence-electron chi connectivity index (χ0n) is 11.5. The number of ether oxygens (including phenoxy) is 1. The number of aromatic nitrogens is 2. The Morgan fingerprint density at radius 1 is 1.62 bits per heavy atom. The van der Waals surface area contributed by atoms with Gasteiger partial charge in [-0.2, -0.15) is 18.3 Å². The van der Waals surface area contributed by atoms with Gasteiger partial charge in [0, 0.05) is 19.9 Å². The number of alkyl halides is 3. The Morgan fingerprint density at radius 2 is 2.38 bits per heavy atom. The SMILES string of the molecule is COCCn1cc(NC(=O)C2(C(F)(F)F)CCNC2)cn1. The van der Waals surface area contributed by atoms with Gasteiger partial charge in [-0.05, 0) is 13.0 Å². The van der Waals surface area contributed by atoms with Crippen molar-refractivity contribution in [3.05, 3.63) is 12.4 Å². The molecule has 0 bridgehead atoms. The van der Waals surface area contributed by atoms with Gasteiger partial charge in [0.05, 0.1) is 25.0 Å². The molecule has 21 heavy (non-hydrogen) atoms. The largest absolute Gasteiger partial charge is 0.404 e. The summed E-state index contributed by atoms with van der Waals surface area (Å²) < 4.78 is 46.0. The van der Waals surface area contributed by atoms with E-state index in [2.05, 4.69) is 15.7 Å². The number of carbonyl (C=O) groups is 1. The molecule has 0 radical (unpaired) electrons. The second-order valence-corrected chi connectivity index (χ2v) is 4.95. The fraction of sp³-hybridized carbons (Fsp3) is 0.667. The van der Waals surface area contributed by atoms with E-state index >= 15 is 0 Å². The summed E-state index contributed by atoms with van der Waals surface area (Å²) in [6.45, 7) is 0.643. The van der Waals surface area contributed by atoms with Gasteiger partial charge in [0.15, 0.2) is 5.41 Å². The van der Waals surface area contributed by atoms with E-state index in [4.69, 9.17) is 4.74 Å². The number of nitrogens with one attached hydrogen (secondary N) is 2. The Labute approximate surface area is 119 Å². The molecule has 1 saturated heterocycles. The van der Waals surface area contributed by atoms with E-state index in [1.165, 1.54) is 24.2 Å². The molecule has 1 aromatic heterocycles. The number of carbonyl (C=O) groups excluding carboxylic acids is 1. The molecule has 1 aliphatic heterocycles. The molecule has 0 aliphatic carbocycles. The normalized spacial score (nSPS) is 22.5. The smallest absolute Gasteiger partial charge is 0.383 e. The minimum absolute atomic E-state index is 0.167. The first-order valence-corrected chi connectivity index (χ1v) is 6.49. The van der Waals surface area contributed by atoms with Gasteiger partial charge in [0.1, 0.15) is 0 Å². The third kappa shape index (κ3) is 3.18. The molecule has 0 saturated carbocycles. The third-order valence-electron chi connectivity index (χ3n) is 3.55. The fourth-order valence-corrected chi connectivity index (χ4v) is 2.24. The van der Waals surface area contributed by atoms with Crippen LogP contribution in [0.4, 0.5) is 18.9 Å². The molecule has 2 N–H and O–H groups in total. The van der Waals surface area contributed by atoms with Crippen molar-refractivity contribution in [1.82, 2.24) is 15.1 Å². The zero-order valence-corrected chi connectivity index (χ0v) is 11.5. The predicted octanol–water partition coefficient (Wildman–Crippen LogP) is 1.01. The maximum atomic E-state index is 13.2. The van der Waals surface area contributed by atoms with Crippen LogP contribution in [-0.4, -0.2) is 48.7 Å². The maximum absolute atomic E-state index is 13.2. The minimum atomic E-state index is -4.59. The molecule has 0 aromatic carbocycles. The Bertz CT molecular complexity index is 495. The van der Waals surface area contributed by atoms with Crippen LogP contribution >= 0.6 is 0 Å². The summed E-state index contributed by atoms with van der Waals surface area (Å²) in [5, 5.41) is 8.85. The van der Waals surface area contributed by atoms with Gasteiger partial charge in [-0.1, -0.05) is 0 Å². The van der Waals surface area contributed by atoms with Crippen LogP contribution in [0, 0.1) is 5.41 Å². The van der Waals surface area contributed by atoms with Crippen LogP contribution in [0.1, 0.15) is 6.42 Å². The monoisotopic (exact) mass is 306 g/mol. The molecular weight excluding hydrogens is 289 g/mol.